The number of nitrogens with zero attached hydrogens (tertiary/aromatic N) is 3. The van der Waals surface area contributed by atoms with Crippen molar-refractivity contribution < 1.29 is 0 Å². The third kappa shape index (κ3) is 1.51. The molecule has 0 spiro atoms. The van der Waals surface area contributed by atoms with E-state index in [1.165, 1.54) is 0 Å². The Kier molecular flexibility index (Phi) is 2.14. The number of aromatic nitrogens is 3. The van der Waals surface area contributed by atoms with Crippen LogP contribution in [0.15, 0.2) is 27.9 Å². The Hall–Kier alpha value is -0.810. The zero-order chi connectivity index (χ0) is 8.39. The highest BCUT2D eigenvalue weighted by Crippen LogP contribution is 2.15. The van der Waals surface area contributed by atoms with Crippen molar-refractivity contribution in [2.24, 2.45) is 0 Å². The summed E-state index contributed by atoms with van der Waals surface area (Å²) in [6.07, 6.45) is 3.35. The predicted octanol–water partition coefficient (Wildman–Crippen LogP) is 2.36. The van der Waals surface area contributed by atoms with Crippen molar-refractivity contribution >= 4 is 27.3 Å². The van der Waals surface area contributed by atoms with Crippen molar-refractivity contribution in [3.8, 4) is 11.4 Å². The maximum absolute atomic E-state index is 4.16. The standard InChI is InChI=1S/C7H4BrN3S/c8-7-2-9-5(1-10-7)6-3-12-4-11-6/h1-4H. The van der Waals surface area contributed by atoms with Crippen LogP contribution in [0.1, 0.15) is 0 Å². The second-order valence-electron chi connectivity index (χ2n) is 2.10. The molecule has 2 aromatic rings. The van der Waals surface area contributed by atoms with E-state index < -0.39 is 0 Å². The largest absolute Gasteiger partial charge is 0.250 e. The van der Waals surface area contributed by atoms with Gasteiger partial charge in [-0.2, -0.15) is 0 Å². The van der Waals surface area contributed by atoms with Gasteiger partial charge >= 0.3 is 0 Å². The number of thiazole rings is 1. The number of hydrogen-bond acceptors (Lipinski definition) is 4. The Bertz CT molecular complexity index is 357. The molecule has 0 radical (unpaired) electrons. The molecule has 2 aromatic heterocycles. The van der Waals surface area contributed by atoms with Crippen LogP contribution in [0.3, 0.4) is 0 Å². The maximum Gasteiger partial charge on any atom is 0.124 e. The summed E-state index contributed by atoms with van der Waals surface area (Å²) < 4.78 is 0.737. The summed E-state index contributed by atoms with van der Waals surface area (Å²) in [5.74, 6) is 0. The molecule has 0 aliphatic carbocycles. The summed E-state index contributed by atoms with van der Waals surface area (Å²) in [4.78, 5) is 12.3. The van der Waals surface area contributed by atoms with Gasteiger partial charge in [0.25, 0.3) is 0 Å². The van der Waals surface area contributed by atoms with Gasteiger partial charge in [-0.3, -0.25) is 4.98 Å². The molecule has 0 atom stereocenters. The van der Waals surface area contributed by atoms with Crippen LogP contribution >= 0.6 is 27.3 Å². The van der Waals surface area contributed by atoms with Gasteiger partial charge in [-0.15, -0.1) is 11.3 Å². The Morgan fingerprint density at radius 2 is 2.00 bits per heavy atom. The average Bonchev–Trinajstić information content (AvgIpc) is 2.58. The first-order chi connectivity index (χ1) is 5.86. The highest BCUT2D eigenvalue weighted by atomic mass is 79.9. The lowest BCUT2D eigenvalue weighted by Crippen LogP contribution is -1.84. The highest BCUT2D eigenvalue weighted by Gasteiger charge is 2.00. The van der Waals surface area contributed by atoms with Gasteiger partial charge in [0, 0.05) is 5.38 Å². The minimum absolute atomic E-state index is 0.737. The summed E-state index contributed by atoms with van der Waals surface area (Å²) in [5, 5.41) is 1.94. The van der Waals surface area contributed by atoms with E-state index in [1.54, 1.807) is 29.2 Å². The SMILES string of the molecule is Brc1cnc(-c2cscn2)cn1. The molecule has 2 heterocycles. The highest BCUT2D eigenvalue weighted by molar-refractivity contribution is 9.10. The van der Waals surface area contributed by atoms with E-state index in [0.29, 0.717) is 0 Å². The molecule has 0 aliphatic rings. The molecule has 5 heteroatoms. The van der Waals surface area contributed by atoms with Gasteiger partial charge in [0.05, 0.1) is 17.9 Å². The van der Waals surface area contributed by atoms with Crippen molar-refractivity contribution in [3.63, 3.8) is 0 Å². The monoisotopic (exact) mass is 241 g/mol. The van der Waals surface area contributed by atoms with Crippen molar-refractivity contribution in [1.29, 1.82) is 0 Å². The normalized spacial score (nSPS) is 10.1. The number of hydrogen-bond donors (Lipinski definition) is 0. The van der Waals surface area contributed by atoms with Gasteiger partial charge in [0.1, 0.15) is 16.0 Å². The van der Waals surface area contributed by atoms with Crippen molar-refractivity contribution in [3.05, 3.63) is 27.9 Å². The first-order valence-corrected chi connectivity index (χ1v) is 4.96. The lowest BCUT2D eigenvalue weighted by Gasteiger charge is -1.93. The molecule has 0 unspecified atom stereocenters. The molecule has 0 aromatic carbocycles. The molecule has 0 fully saturated rings. The number of halogens is 1. The fourth-order valence-electron chi connectivity index (χ4n) is 0.784. The molecule has 0 saturated carbocycles. The summed E-state index contributed by atoms with van der Waals surface area (Å²) in [7, 11) is 0. The fourth-order valence-corrected chi connectivity index (χ4v) is 1.53. The van der Waals surface area contributed by atoms with Crippen LogP contribution in [-0.4, -0.2) is 15.0 Å². The Morgan fingerprint density at radius 1 is 1.08 bits per heavy atom. The smallest absolute Gasteiger partial charge is 0.124 e. The molecule has 0 bridgehead atoms. The molecule has 0 aliphatic heterocycles. The lowest BCUT2D eigenvalue weighted by molar-refractivity contribution is 1.16. The van der Waals surface area contributed by atoms with Crippen LogP contribution in [0, 0.1) is 0 Å². The maximum atomic E-state index is 4.16. The number of rotatable bonds is 1. The van der Waals surface area contributed by atoms with E-state index in [0.717, 1.165) is 16.0 Å². The second-order valence-corrected chi connectivity index (χ2v) is 3.63. The molecule has 0 saturated heterocycles. The van der Waals surface area contributed by atoms with Crippen LogP contribution in [0.2, 0.25) is 0 Å². The van der Waals surface area contributed by atoms with Gasteiger partial charge < -0.3 is 0 Å². The van der Waals surface area contributed by atoms with Crippen LogP contribution in [0.4, 0.5) is 0 Å². The molecule has 12 heavy (non-hydrogen) atoms. The minimum Gasteiger partial charge on any atom is -0.250 e. The van der Waals surface area contributed by atoms with Gasteiger partial charge in [0.2, 0.25) is 0 Å². The first kappa shape index (κ1) is 7.82. The van der Waals surface area contributed by atoms with Crippen molar-refractivity contribution in [2.45, 2.75) is 0 Å². The molecule has 0 amide bonds. The summed E-state index contributed by atoms with van der Waals surface area (Å²) in [5.41, 5.74) is 3.46. The predicted molar refractivity (Wildman–Crippen MR) is 50.8 cm³/mol. The first-order valence-electron chi connectivity index (χ1n) is 3.22. The van der Waals surface area contributed by atoms with E-state index in [9.17, 15) is 0 Å². The van der Waals surface area contributed by atoms with Crippen molar-refractivity contribution in [1.82, 2.24) is 15.0 Å². The van der Waals surface area contributed by atoms with Gasteiger partial charge in [0.15, 0.2) is 0 Å². The summed E-state index contributed by atoms with van der Waals surface area (Å²) in [6, 6.07) is 0. The molecular formula is C7H4BrN3S. The zero-order valence-electron chi connectivity index (χ0n) is 5.94. The molecular weight excluding hydrogens is 238 g/mol. The van der Waals surface area contributed by atoms with E-state index in [2.05, 4.69) is 30.9 Å². The third-order valence-electron chi connectivity index (χ3n) is 1.32. The Labute approximate surface area is 81.7 Å². The third-order valence-corrected chi connectivity index (χ3v) is 2.31. The summed E-state index contributed by atoms with van der Waals surface area (Å²) >= 11 is 4.77. The van der Waals surface area contributed by atoms with Crippen LogP contribution in [-0.2, 0) is 0 Å². The lowest BCUT2D eigenvalue weighted by atomic mass is 10.4. The fraction of sp³-hybridized carbons (Fsp3) is 0. The van der Waals surface area contributed by atoms with Crippen LogP contribution in [0.25, 0.3) is 11.4 Å². The topological polar surface area (TPSA) is 38.7 Å². The average molecular weight is 242 g/mol. The molecule has 60 valence electrons. The van der Waals surface area contributed by atoms with Crippen molar-refractivity contribution in [2.75, 3.05) is 0 Å². The molecule has 3 nitrogen and oxygen atoms in total. The van der Waals surface area contributed by atoms with E-state index in [1.807, 2.05) is 5.38 Å². The second kappa shape index (κ2) is 3.28. The summed E-state index contributed by atoms with van der Waals surface area (Å²) in [6.45, 7) is 0. The van der Waals surface area contributed by atoms with E-state index in [4.69, 9.17) is 0 Å². The van der Waals surface area contributed by atoms with E-state index >= 15 is 0 Å². The van der Waals surface area contributed by atoms with Crippen LogP contribution < -0.4 is 0 Å². The zero-order valence-corrected chi connectivity index (χ0v) is 8.34. The van der Waals surface area contributed by atoms with E-state index in [-0.39, 0.29) is 0 Å². The molecule has 2 rings (SSSR count). The minimum atomic E-state index is 0.737. The van der Waals surface area contributed by atoms with Gasteiger partial charge in [-0.05, 0) is 15.9 Å². The quantitative estimate of drug-likeness (QED) is 0.770. The van der Waals surface area contributed by atoms with Gasteiger partial charge in [-0.1, -0.05) is 0 Å². The Morgan fingerprint density at radius 3 is 2.58 bits per heavy atom. The molecule has 0 N–H and O–H groups in total. The Balaban J connectivity index is 2.43. The van der Waals surface area contributed by atoms with Gasteiger partial charge in [-0.25, -0.2) is 9.97 Å². The van der Waals surface area contributed by atoms with Crippen LogP contribution in [0.5, 0.6) is 0 Å².